The molecule has 18 heteroatoms. The molecule has 0 spiro atoms. The Balaban J connectivity index is 1.14. The number of anilines is 1. The van der Waals surface area contributed by atoms with Crippen LogP contribution in [0.1, 0.15) is 121 Å². The number of halogens is 2. The van der Waals surface area contributed by atoms with Gasteiger partial charge in [-0.15, -0.1) is 0 Å². The van der Waals surface area contributed by atoms with E-state index >= 15 is 0 Å². The maximum atomic E-state index is 14.9. The highest BCUT2D eigenvalue weighted by Crippen LogP contribution is 2.55. The van der Waals surface area contributed by atoms with E-state index in [-0.39, 0.29) is 40.9 Å². The number of nitriles is 2. The molecule has 4 heterocycles. The van der Waals surface area contributed by atoms with E-state index < -0.39 is 62.7 Å². The molecule has 4 aromatic rings. The number of fused-ring (bicyclic) bond motifs is 2. The van der Waals surface area contributed by atoms with Crippen LogP contribution in [0.5, 0.6) is 5.75 Å². The minimum absolute atomic E-state index is 0.00168. The van der Waals surface area contributed by atoms with Crippen molar-refractivity contribution in [2.24, 2.45) is 0 Å². The van der Waals surface area contributed by atoms with Crippen molar-refractivity contribution in [2.45, 2.75) is 140 Å². The largest absolute Gasteiger partial charge is 0.530 e. The van der Waals surface area contributed by atoms with Gasteiger partial charge in [0.2, 0.25) is 5.60 Å². The van der Waals surface area contributed by atoms with Gasteiger partial charge in [0, 0.05) is 12.2 Å². The van der Waals surface area contributed by atoms with Gasteiger partial charge in [0.1, 0.15) is 60.5 Å². The molecule has 6 atom stereocenters. The molecule has 2 aromatic heterocycles. The number of hydrogen-bond acceptors (Lipinski definition) is 14. The number of nitrogens with two attached hydrogens (primary N) is 1. The van der Waals surface area contributed by atoms with Crippen molar-refractivity contribution in [2.75, 3.05) is 32.2 Å². The third kappa shape index (κ3) is 13.0. The Morgan fingerprint density at radius 1 is 0.938 bits per heavy atom. The van der Waals surface area contributed by atoms with Crippen LogP contribution in [0.3, 0.4) is 0 Å². The summed E-state index contributed by atoms with van der Waals surface area (Å²) in [5.74, 6) is -1.53. The number of nitrogen functional groups attached to an aromatic ring is 1. The van der Waals surface area contributed by atoms with Crippen LogP contribution in [0.2, 0.25) is 5.02 Å². The number of rotatable bonds is 27. The normalized spacial score (nSPS) is 21.6. The fraction of sp³-hybridized carbons (Fsp3) is 0.565. The van der Waals surface area contributed by atoms with E-state index in [9.17, 15) is 19.5 Å². The summed E-state index contributed by atoms with van der Waals surface area (Å²) in [4.78, 5) is 4.06. The molecule has 64 heavy (non-hydrogen) atoms. The molecule has 15 nitrogen and oxygen atoms in total. The van der Waals surface area contributed by atoms with Crippen molar-refractivity contribution in [1.29, 1.82) is 10.5 Å². The molecule has 0 amide bonds. The number of aromatic nitrogens is 3. The predicted molar refractivity (Wildman–Crippen MR) is 237 cm³/mol. The van der Waals surface area contributed by atoms with Crippen LogP contribution in [-0.4, -0.2) is 70.7 Å². The van der Waals surface area contributed by atoms with Crippen molar-refractivity contribution in [3.63, 3.8) is 0 Å². The smallest absolute Gasteiger partial charge is 0.402 e. The summed E-state index contributed by atoms with van der Waals surface area (Å²) < 4.78 is 80.4. The number of para-hydroxylation sites is 1. The van der Waals surface area contributed by atoms with E-state index in [0.29, 0.717) is 17.8 Å². The molecule has 0 bridgehead atoms. The molecule has 2 saturated heterocycles. The van der Waals surface area contributed by atoms with E-state index in [0.717, 1.165) is 25.3 Å². The van der Waals surface area contributed by atoms with E-state index in [1.165, 1.54) is 82.3 Å². The van der Waals surface area contributed by atoms with Crippen LogP contribution in [0.15, 0.2) is 60.9 Å². The molecule has 1 unspecified atom stereocenters. The fourth-order valence-corrected chi connectivity index (χ4v) is 9.32. The molecule has 0 saturated carbocycles. The Hall–Kier alpha value is -4.19. The van der Waals surface area contributed by atoms with Crippen molar-refractivity contribution >= 4 is 30.8 Å². The maximum absolute atomic E-state index is 14.9. The first-order chi connectivity index (χ1) is 30.9. The van der Waals surface area contributed by atoms with Crippen LogP contribution in [0.4, 0.5) is 10.2 Å². The average molecular weight is 925 g/mol. The van der Waals surface area contributed by atoms with Gasteiger partial charge < -0.3 is 33.9 Å². The van der Waals surface area contributed by atoms with Crippen LogP contribution in [0.25, 0.3) is 5.52 Å². The third-order valence-electron chi connectivity index (χ3n) is 11.2. The van der Waals surface area contributed by atoms with Crippen molar-refractivity contribution < 1.29 is 46.2 Å². The summed E-state index contributed by atoms with van der Waals surface area (Å²) in [6.45, 7) is 4.80. The predicted octanol–water partition coefficient (Wildman–Crippen LogP) is 10.4. The first kappa shape index (κ1) is 49.2. The zero-order chi connectivity index (χ0) is 45.6. The van der Waals surface area contributed by atoms with Gasteiger partial charge in [-0.3, -0.25) is 9.05 Å². The molecule has 2 fully saturated rings. The number of phosphoric ester groups is 1. The molecule has 2 aliphatic heterocycles. The molecule has 2 aliphatic rings. The van der Waals surface area contributed by atoms with Gasteiger partial charge >= 0.3 is 7.82 Å². The topological polar surface area (TPSA) is 195 Å². The Morgan fingerprint density at radius 3 is 2.34 bits per heavy atom. The minimum atomic E-state index is -4.71. The molecular weight excluding hydrogens is 866 g/mol. The SMILES string of the molecule is CCCCCCCCCCCCCCOC[C@H](COP(=O)(OC[C@@]1(C#N)O[C@@H](c2ccc3c(N)ncnn23)[C@@H]2OC(C)(C)O[C@@H]21)Oc1ccccc1Cl)OCc1ccc(C#N)cc1F. The standard InChI is InChI=1S/C46H59ClFN6O9P/c1-4-5-6-7-8-9-10-11-12-13-14-17-24-56-28-35(57-27-34-21-20-33(26-49)25-37(34)48)29-58-64(55,63-40-19-16-15-18-36(40)47)59-31-46(30-50)43-42(60-45(2,3)62-43)41(61-46)38-22-23-39-44(51)52-32-53-54(38)39/h15-16,18-23,25,32,35,41-43H,4-14,17,24,27-29,31H2,1-3H3,(H2,51,52,53)/t35-,41+,42+,43+,46-,64?/m1/s1. The summed E-state index contributed by atoms with van der Waals surface area (Å²) in [6.07, 6.45) is 12.1. The van der Waals surface area contributed by atoms with Crippen molar-refractivity contribution in [3.8, 4) is 17.9 Å². The number of ether oxygens (including phenoxy) is 5. The van der Waals surface area contributed by atoms with Gasteiger partial charge in [-0.05, 0) is 56.7 Å². The quantitative estimate of drug-likeness (QED) is 0.0438. The fourth-order valence-electron chi connectivity index (χ4n) is 7.81. The van der Waals surface area contributed by atoms with E-state index in [1.807, 2.05) is 6.07 Å². The highest BCUT2D eigenvalue weighted by Gasteiger charge is 2.65. The monoisotopic (exact) mass is 924 g/mol. The second kappa shape index (κ2) is 23.3. The van der Waals surface area contributed by atoms with Gasteiger partial charge in [-0.25, -0.2) is 18.5 Å². The summed E-state index contributed by atoms with van der Waals surface area (Å²) in [6, 6.07) is 18.0. The zero-order valence-electron chi connectivity index (χ0n) is 36.8. The molecule has 6 rings (SSSR count). The summed E-state index contributed by atoms with van der Waals surface area (Å²) >= 11 is 6.45. The lowest BCUT2D eigenvalue weighted by atomic mass is 9.96. The highest BCUT2D eigenvalue weighted by atomic mass is 35.5. The number of phosphoric acid groups is 1. The molecule has 346 valence electrons. The first-order valence-corrected chi connectivity index (χ1v) is 24.0. The molecule has 2 aromatic carbocycles. The van der Waals surface area contributed by atoms with E-state index in [4.69, 9.17) is 54.6 Å². The van der Waals surface area contributed by atoms with Crippen LogP contribution >= 0.6 is 19.4 Å². The number of nitrogens with zero attached hydrogens (tertiary/aromatic N) is 5. The van der Waals surface area contributed by atoms with E-state index in [2.05, 4.69) is 23.1 Å². The lowest BCUT2D eigenvalue weighted by molar-refractivity contribution is -0.204. The maximum Gasteiger partial charge on any atom is 0.530 e. The summed E-state index contributed by atoms with van der Waals surface area (Å²) in [7, 11) is -4.71. The molecule has 0 aliphatic carbocycles. The Kier molecular flexibility index (Phi) is 17.9. The van der Waals surface area contributed by atoms with Crippen molar-refractivity contribution in [3.05, 3.63) is 88.6 Å². The van der Waals surface area contributed by atoms with Gasteiger partial charge in [-0.1, -0.05) is 107 Å². The van der Waals surface area contributed by atoms with Gasteiger partial charge in [-0.2, -0.15) is 15.6 Å². The van der Waals surface area contributed by atoms with E-state index in [1.54, 1.807) is 48.7 Å². The summed E-state index contributed by atoms with van der Waals surface area (Å²) in [5, 5.41) is 24.5. The van der Waals surface area contributed by atoms with Gasteiger partial charge in [0.25, 0.3) is 0 Å². The Bertz CT molecular complexity index is 2270. The van der Waals surface area contributed by atoms with Crippen LogP contribution in [-0.2, 0) is 43.9 Å². The Labute approximate surface area is 379 Å². The van der Waals surface area contributed by atoms with Gasteiger partial charge in [0.05, 0.1) is 42.2 Å². The third-order valence-corrected chi connectivity index (χ3v) is 12.9. The Morgan fingerprint density at radius 2 is 1.66 bits per heavy atom. The number of hydrogen-bond donors (Lipinski definition) is 1. The first-order valence-electron chi connectivity index (χ1n) is 22.1. The average Bonchev–Trinajstić information content (AvgIpc) is 3.95. The highest BCUT2D eigenvalue weighted by molar-refractivity contribution is 7.49. The second-order valence-electron chi connectivity index (χ2n) is 16.6. The zero-order valence-corrected chi connectivity index (χ0v) is 38.4. The molecule has 2 N–H and O–H groups in total. The number of benzene rings is 2. The molecule has 0 radical (unpaired) electrons. The second-order valence-corrected chi connectivity index (χ2v) is 18.6. The van der Waals surface area contributed by atoms with Crippen molar-refractivity contribution in [1.82, 2.24) is 14.6 Å². The lowest BCUT2D eigenvalue weighted by Crippen LogP contribution is -2.46. The molecular formula is C46H59ClFN6O9P. The van der Waals surface area contributed by atoms with Crippen LogP contribution in [0, 0.1) is 28.5 Å². The minimum Gasteiger partial charge on any atom is -0.402 e. The summed E-state index contributed by atoms with van der Waals surface area (Å²) in [5.41, 5.74) is 5.59. The lowest BCUT2D eigenvalue weighted by Gasteiger charge is -2.30. The van der Waals surface area contributed by atoms with Crippen LogP contribution < -0.4 is 10.3 Å². The van der Waals surface area contributed by atoms with Gasteiger partial charge in [0.15, 0.2) is 11.6 Å². The number of unbranched alkanes of at least 4 members (excludes halogenated alkanes) is 11.